The lowest BCUT2D eigenvalue weighted by Crippen LogP contribution is -2.45. The van der Waals surface area contributed by atoms with Gasteiger partial charge in [-0.2, -0.15) is 5.10 Å². The summed E-state index contributed by atoms with van der Waals surface area (Å²) in [4.78, 5) is 24.6. The second-order valence-corrected chi connectivity index (χ2v) is 10.9. The van der Waals surface area contributed by atoms with Gasteiger partial charge in [-0.25, -0.2) is 9.59 Å². The SMILES string of the molecule is CCOc1cc([C@@H]2NC(=O)NC(C)=C2C(=O)OC)ccc1OC[C@H](O)N/N=C\c1ccc(OCc2ccc3c(c2)OCO3)c(Br)c1. The summed E-state index contributed by atoms with van der Waals surface area (Å²) in [6.45, 7) is 4.20. The Morgan fingerprint density at radius 1 is 1.09 bits per heavy atom. The molecule has 3 aromatic rings. The van der Waals surface area contributed by atoms with Gasteiger partial charge in [0.1, 0.15) is 19.0 Å². The third-order valence-electron chi connectivity index (χ3n) is 6.90. The zero-order chi connectivity index (χ0) is 32.6. The highest BCUT2D eigenvalue weighted by atomic mass is 79.9. The van der Waals surface area contributed by atoms with E-state index < -0.39 is 24.3 Å². The number of carbonyl (C=O) groups excluding carboxylic acids is 2. The van der Waals surface area contributed by atoms with Gasteiger partial charge in [0.15, 0.2) is 29.2 Å². The average Bonchev–Trinajstić information content (AvgIpc) is 3.51. The summed E-state index contributed by atoms with van der Waals surface area (Å²) in [6.07, 6.45) is 0.413. The summed E-state index contributed by atoms with van der Waals surface area (Å²) in [5.41, 5.74) is 5.59. The number of benzene rings is 3. The number of esters is 1. The first-order chi connectivity index (χ1) is 22.2. The third-order valence-corrected chi connectivity index (χ3v) is 7.52. The molecule has 0 aliphatic carbocycles. The molecule has 2 amide bonds. The molecule has 0 aromatic heterocycles. The number of aliphatic hydroxyl groups is 1. The smallest absolute Gasteiger partial charge is 0.337 e. The number of aliphatic hydroxyl groups excluding tert-OH is 1. The fourth-order valence-electron chi connectivity index (χ4n) is 4.73. The maximum atomic E-state index is 12.4. The first kappa shape index (κ1) is 32.4. The molecule has 0 unspecified atom stereocenters. The van der Waals surface area contributed by atoms with E-state index in [2.05, 4.69) is 37.1 Å². The van der Waals surface area contributed by atoms with Crippen molar-refractivity contribution in [2.75, 3.05) is 27.1 Å². The molecule has 242 valence electrons. The van der Waals surface area contributed by atoms with E-state index in [-0.39, 0.29) is 19.0 Å². The lowest BCUT2D eigenvalue weighted by atomic mass is 9.95. The quantitative estimate of drug-likeness (QED) is 0.0880. The van der Waals surface area contributed by atoms with Crippen molar-refractivity contribution in [2.45, 2.75) is 32.7 Å². The van der Waals surface area contributed by atoms with E-state index in [0.29, 0.717) is 47.5 Å². The fourth-order valence-corrected chi connectivity index (χ4v) is 5.24. The minimum atomic E-state index is -1.14. The predicted molar refractivity (Wildman–Crippen MR) is 170 cm³/mol. The van der Waals surface area contributed by atoms with Crippen LogP contribution in [0.4, 0.5) is 4.79 Å². The summed E-state index contributed by atoms with van der Waals surface area (Å²) >= 11 is 3.53. The van der Waals surface area contributed by atoms with Crippen LogP contribution in [0.3, 0.4) is 0 Å². The summed E-state index contributed by atoms with van der Waals surface area (Å²) in [5.74, 6) is 2.23. The van der Waals surface area contributed by atoms with E-state index in [1.165, 1.54) is 7.11 Å². The fraction of sp³-hybridized carbons (Fsp3) is 0.281. The van der Waals surface area contributed by atoms with Gasteiger partial charge in [-0.1, -0.05) is 12.1 Å². The molecule has 13 nitrogen and oxygen atoms in total. The Bertz CT molecular complexity index is 1660. The van der Waals surface area contributed by atoms with E-state index in [1.807, 2.05) is 43.3 Å². The Labute approximate surface area is 273 Å². The minimum absolute atomic E-state index is 0.149. The molecular formula is C32H33BrN4O9. The number of ether oxygens (including phenoxy) is 6. The number of nitrogens with one attached hydrogen (secondary N) is 3. The molecule has 5 rings (SSSR count). The normalized spacial score (nSPS) is 16.0. The van der Waals surface area contributed by atoms with Gasteiger partial charge in [0.25, 0.3) is 0 Å². The summed E-state index contributed by atoms with van der Waals surface area (Å²) in [7, 11) is 1.27. The topological polar surface area (TPSA) is 158 Å². The number of fused-ring (bicyclic) bond motifs is 1. The van der Waals surface area contributed by atoms with Crippen LogP contribution in [0.15, 0.2) is 75.4 Å². The molecule has 0 radical (unpaired) electrons. The van der Waals surface area contributed by atoms with Gasteiger partial charge < -0.3 is 44.2 Å². The van der Waals surface area contributed by atoms with Crippen LogP contribution >= 0.6 is 15.9 Å². The molecule has 4 N–H and O–H groups in total. The van der Waals surface area contributed by atoms with Crippen molar-refractivity contribution < 1.29 is 43.1 Å². The molecule has 0 fully saturated rings. The lowest BCUT2D eigenvalue weighted by molar-refractivity contribution is -0.136. The first-order valence-corrected chi connectivity index (χ1v) is 15.1. The molecule has 0 spiro atoms. The first-order valence-electron chi connectivity index (χ1n) is 14.3. The number of allylic oxidation sites excluding steroid dienone is 1. The molecule has 14 heteroatoms. The number of halogens is 1. The Morgan fingerprint density at radius 3 is 2.67 bits per heavy atom. The number of rotatable bonds is 13. The van der Waals surface area contributed by atoms with E-state index >= 15 is 0 Å². The number of nitrogens with zero attached hydrogens (tertiary/aromatic N) is 1. The third kappa shape index (κ3) is 7.82. The lowest BCUT2D eigenvalue weighted by Gasteiger charge is -2.28. The molecule has 0 saturated heterocycles. The minimum Gasteiger partial charge on any atom is -0.490 e. The summed E-state index contributed by atoms with van der Waals surface area (Å²) in [6, 6.07) is 15.0. The van der Waals surface area contributed by atoms with Crippen molar-refractivity contribution in [3.05, 3.63) is 87.0 Å². The Balaban J connectivity index is 1.15. The van der Waals surface area contributed by atoms with Crippen molar-refractivity contribution in [3.63, 3.8) is 0 Å². The van der Waals surface area contributed by atoms with Crippen LogP contribution in [-0.4, -0.2) is 56.7 Å². The highest BCUT2D eigenvalue weighted by molar-refractivity contribution is 9.10. The molecule has 46 heavy (non-hydrogen) atoms. The molecule has 0 saturated carbocycles. The molecule has 2 heterocycles. The van der Waals surface area contributed by atoms with Crippen molar-refractivity contribution in [2.24, 2.45) is 5.10 Å². The number of methoxy groups -OCH3 is 1. The molecule has 0 bridgehead atoms. The van der Waals surface area contributed by atoms with Gasteiger partial charge in [0, 0.05) is 5.70 Å². The monoisotopic (exact) mass is 696 g/mol. The van der Waals surface area contributed by atoms with E-state index in [4.69, 9.17) is 28.4 Å². The zero-order valence-corrected chi connectivity index (χ0v) is 26.9. The Hall–Kier alpha value is -4.95. The number of amides is 2. The van der Waals surface area contributed by atoms with E-state index in [0.717, 1.165) is 21.3 Å². The number of hydrogen-bond donors (Lipinski definition) is 4. The van der Waals surface area contributed by atoms with E-state index in [1.54, 1.807) is 31.3 Å². The number of urea groups is 1. The molecule has 2 atom stereocenters. The van der Waals surface area contributed by atoms with Crippen LogP contribution < -0.4 is 39.7 Å². The van der Waals surface area contributed by atoms with Gasteiger partial charge in [-0.15, -0.1) is 0 Å². The van der Waals surface area contributed by atoms with Gasteiger partial charge in [-0.05, 0) is 88.9 Å². The standard InChI is InChI=1S/C32H33BrN4O9/c1-4-42-27-13-21(30-29(31(39)41-3)18(2)35-32(40)36-30)7-10-24(27)44-16-28(38)37-34-14-19-5-8-23(22(33)11-19)43-15-20-6-9-25-26(12-20)46-17-45-25/h5-14,28,30,37-38H,4,15-17H2,1-3H3,(H2,35,36,40)/b34-14-/t28-,30-/m0/s1. The predicted octanol–water partition coefficient (Wildman–Crippen LogP) is 4.28. The number of carbonyl (C=O) groups is 2. The van der Waals surface area contributed by atoms with Gasteiger partial charge in [-0.3, -0.25) is 5.43 Å². The maximum absolute atomic E-state index is 12.4. The van der Waals surface area contributed by atoms with Crippen molar-refractivity contribution in [1.29, 1.82) is 0 Å². The van der Waals surface area contributed by atoms with Crippen LogP contribution in [0.1, 0.15) is 36.6 Å². The summed E-state index contributed by atoms with van der Waals surface area (Å²) < 4.78 is 33.9. The van der Waals surface area contributed by atoms with Crippen molar-refractivity contribution in [3.8, 4) is 28.7 Å². The summed E-state index contributed by atoms with van der Waals surface area (Å²) in [5, 5.41) is 19.9. The Kier molecular flexibility index (Phi) is 10.5. The van der Waals surface area contributed by atoms with Crippen LogP contribution in [0.2, 0.25) is 0 Å². The molecule has 3 aromatic carbocycles. The van der Waals surface area contributed by atoms with Crippen molar-refractivity contribution >= 4 is 34.1 Å². The second kappa shape index (κ2) is 14.9. The van der Waals surface area contributed by atoms with E-state index in [9.17, 15) is 14.7 Å². The highest BCUT2D eigenvalue weighted by Gasteiger charge is 2.32. The number of hydrazone groups is 1. The van der Waals surface area contributed by atoms with Gasteiger partial charge >= 0.3 is 12.0 Å². The highest BCUT2D eigenvalue weighted by Crippen LogP contribution is 2.35. The number of hydrogen-bond acceptors (Lipinski definition) is 11. The zero-order valence-electron chi connectivity index (χ0n) is 25.3. The molecular weight excluding hydrogens is 664 g/mol. The van der Waals surface area contributed by atoms with Crippen LogP contribution in [0.25, 0.3) is 0 Å². The van der Waals surface area contributed by atoms with Crippen LogP contribution in [0.5, 0.6) is 28.7 Å². The second-order valence-electron chi connectivity index (χ2n) is 10.1. The van der Waals surface area contributed by atoms with Crippen LogP contribution in [-0.2, 0) is 16.1 Å². The van der Waals surface area contributed by atoms with Crippen molar-refractivity contribution in [1.82, 2.24) is 16.1 Å². The molecule has 2 aliphatic heterocycles. The molecule has 2 aliphatic rings. The largest absolute Gasteiger partial charge is 0.490 e. The van der Waals surface area contributed by atoms with Gasteiger partial charge in [0.05, 0.1) is 36.0 Å². The van der Waals surface area contributed by atoms with Gasteiger partial charge in [0.2, 0.25) is 6.79 Å². The average molecular weight is 698 g/mol. The Morgan fingerprint density at radius 2 is 1.89 bits per heavy atom. The maximum Gasteiger partial charge on any atom is 0.337 e. The van der Waals surface area contributed by atoms with Crippen LogP contribution in [0, 0.1) is 0 Å².